The molecule has 0 spiro atoms. The lowest BCUT2D eigenvalue weighted by Gasteiger charge is -2.05. The molecule has 0 amide bonds. The molecule has 2 aromatic rings. The molecule has 0 bridgehead atoms. The molecule has 0 unspecified atom stereocenters. The lowest BCUT2D eigenvalue weighted by Crippen LogP contribution is -1.97. The maximum atomic E-state index is 8.66. The molecule has 1 aromatic heterocycles. The van der Waals surface area contributed by atoms with Gasteiger partial charge in [0.15, 0.2) is 0 Å². The number of aryl methyl sites for hydroxylation is 1. The van der Waals surface area contributed by atoms with Crippen molar-refractivity contribution >= 4 is 17.0 Å². The number of hydrogen-bond donors (Lipinski definition) is 1. The molecule has 5 heteroatoms. The van der Waals surface area contributed by atoms with Gasteiger partial charge in [-0.3, -0.25) is 0 Å². The molecule has 94 valence electrons. The van der Waals surface area contributed by atoms with E-state index in [1.807, 2.05) is 36.6 Å². The molecule has 0 aliphatic rings. The summed E-state index contributed by atoms with van der Waals surface area (Å²) in [7, 11) is 0. The molecule has 1 heterocycles. The summed E-state index contributed by atoms with van der Waals surface area (Å²) in [6.07, 6.45) is 0. The molecule has 1 aromatic carbocycles. The molecule has 0 aliphatic heterocycles. The maximum Gasteiger partial charge on any atom is 0.131 e. The molecular weight excluding hydrogens is 248 g/mol. The van der Waals surface area contributed by atoms with Crippen molar-refractivity contribution in [3.05, 3.63) is 45.9 Å². The van der Waals surface area contributed by atoms with E-state index in [2.05, 4.69) is 10.1 Å². The van der Waals surface area contributed by atoms with Gasteiger partial charge in [0.1, 0.15) is 12.4 Å². The van der Waals surface area contributed by atoms with E-state index in [-0.39, 0.29) is 0 Å². The highest BCUT2D eigenvalue weighted by molar-refractivity contribution is 7.09. The van der Waals surface area contributed by atoms with Gasteiger partial charge in [0.05, 0.1) is 16.4 Å². The second-order valence-electron chi connectivity index (χ2n) is 3.86. The number of thiazole rings is 1. The summed E-state index contributed by atoms with van der Waals surface area (Å²) < 4.78 is 5.62. The van der Waals surface area contributed by atoms with Gasteiger partial charge >= 0.3 is 0 Å². The molecule has 0 saturated carbocycles. The van der Waals surface area contributed by atoms with E-state index in [0.717, 1.165) is 22.0 Å². The first-order valence-electron chi connectivity index (χ1n) is 5.52. The van der Waals surface area contributed by atoms with Crippen LogP contribution in [0.3, 0.4) is 0 Å². The number of hydrogen-bond acceptors (Lipinski definition) is 5. The first-order valence-corrected chi connectivity index (χ1v) is 6.40. The fraction of sp³-hybridized carbons (Fsp3) is 0.231. The topological polar surface area (TPSA) is 54.7 Å². The highest BCUT2D eigenvalue weighted by Gasteiger charge is 2.01. The Balaban J connectivity index is 1.98. The predicted octanol–water partition coefficient (Wildman–Crippen LogP) is 3.23. The molecule has 0 aliphatic carbocycles. The predicted molar refractivity (Wildman–Crippen MR) is 71.6 cm³/mol. The van der Waals surface area contributed by atoms with E-state index < -0.39 is 0 Å². The maximum absolute atomic E-state index is 8.66. The quantitative estimate of drug-likeness (QED) is 0.523. The normalized spacial score (nSPS) is 11.6. The largest absolute Gasteiger partial charge is 0.487 e. The van der Waals surface area contributed by atoms with E-state index in [0.29, 0.717) is 12.3 Å². The third kappa shape index (κ3) is 3.07. The summed E-state index contributed by atoms with van der Waals surface area (Å²) in [6, 6.07) is 7.42. The highest BCUT2D eigenvalue weighted by Crippen LogP contribution is 2.15. The zero-order chi connectivity index (χ0) is 13.0. The van der Waals surface area contributed by atoms with Crippen LogP contribution in [0, 0.1) is 6.92 Å². The molecule has 1 N–H and O–H groups in total. The van der Waals surface area contributed by atoms with Crippen LogP contribution in [0.1, 0.15) is 23.2 Å². The number of nitrogens with zero attached hydrogens (tertiary/aromatic N) is 2. The van der Waals surface area contributed by atoms with Crippen LogP contribution in [-0.4, -0.2) is 15.9 Å². The SMILES string of the molecule is CC(=NO)c1ccc(OCc2csc(C)n2)cc1. The van der Waals surface area contributed by atoms with Crippen LogP contribution >= 0.6 is 11.3 Å². The fourth-order valence-corrected chi connectivity index (χ4v) is 2.08. The summed E-state index contributed by atoms with van der Waals surface area (Å²) >= 11 is 1.61. The van der Waals surface area contributed by atoms with Crippen molar-refractivity contribution in [1.82, 2.24) is 4.98 Å². The first kappa shape index (κ1) is 12.6. The van der Waals surface area contributed by atoms with Crippen LogP contribution < -0.4 is 4.74 Å². The second-order valence-corrected chi connectivity index (χ2v) is 4.92. The molecule has 0 saturated heterocycles. The van der Waals surface area contributed by atoms with Crippen molar-refractivity contribution in [3.8, 4) is 5.75 Å². The molecule has 0 radical (unpaired) electrons. The van der Waals surface area contributed by atoms with Crippen molar-refractivity contribution in [1.29, 1.82) is 0 Å². The van der Waals surface area contributed by atoms with Crippen molar-refractivity contribution in [2.24, 2.45) is 5.16 Å². The Morgan fingerprint density at radius 2 is 2.11 bits per heavy atom. The Labute approximate surface area is 110 Å². The minimum absolute atomic E-state index is 0.469. The van der Waals surface area contributed by atoms with E-state index in [1.165, 1.54) is 0 Å². The summed E-state index contributed by atoms with van der Waals surface area (Å²) in [5, 5.41) is 14.8. The average Bonchev–Trinajstić information content (AvgIpc) is 2.82. The number of ether oxygens (including phenoxy) is 1. The lowest BCUT2D eigenvalue weighted by molar-refractivity contribution is 0.302. The zero-order valence-corrected chi connectivity index (χ0v) is 11.1. The zero-order valence-electron chi connectivity index (χ0n) is 10.3. The van der Waals surface area contributed by atoms with Crippen molar-refractivity contribution in [3.63, 3.8) is 0 Å². The lowest BCUT2D eigenvalue weighted by atomic mass is 10.1. The van der Waals surface area contributed by atoms with Gasteiger partial charge in [0.25, 0.3) is 0 Å². The highest BCUT2D eigenvalue weighted by atomic mass is 32.1. The average molecular weight is 262 g/mol. The third-order valence-electron chi connectivity index (χ3n) is 2.48. The van der Waals surface area contributed by atoms with Gasteiger partial charge < -0.3 is 9.94 Å². The van der Waals surface area contributed by atoms with Crippen LogP contribution in [0.2, 0.25) is 0 Å². The molecule has 18 heavy (non-hydrogen) atoms. The van der Waals surface area contributed by atoms with Gasteiger partial charge in [-0.05, 0) is 43.7 Å². The Morgan fingerprint density at radius 3 is 2.67 bits per heavy atom. The minimum atomic E-state index is 0.469. The van der Waals surface area contributed by atoms with E-state index in [9.17, 15) is 0 Å². The van der Waals surface area contributed by atoms with Gasteiger partial charge in [-0.15, -0.1) is 11.3 Å². The van der Waals surface area contributed by atoms with Crippen molar-refractivity contribution < 1.29 is 9.94 Å². The van der Waals surface area contributed by atoms with Crippen molar-refractivity contribution in [2.45, 2.75) is 20.5 Å². The number of oxime groups is 1. The Morgan fingerprint density at radius 1 is 1.39 bits per heavy atom. The van der Waals surface area contributed by atoms with E-state index >= 15 is 0 Å². The number of aromatic nitrogens is 1. The Bertz CT molecular complexity index is 546. The van der Waals surface area contributed by atoms with Crippen LogP contribution in [0.4, 0.5) is 0 Å². The van der Waals surface area contributed by atoms with E-state index in [4.69, 9.17) is 9.94 Å². The van der Waals surface area contributed by atoms with Crippen molar-refractivity contribution in [2.75, 3.05) is 0 Å². The van der Waals surface area contributed by atoms with Crippen LogP contribution in [0.15, 0.2) is 34.8 Å². The Hall–Kier alpha value is -1.88. The number of rotatable bonds is 4. The van der Waals surface area contributed by atoms with Crippen LogP contribution in [-0.2, 0) is 6.61 Å². The molecule has 0 atom stereocenters. The summed E-state index contributed by atoms with van der Waals surface area (Å²) in [4.78, 5) is 4.33. The fourth-order valence-electron chi connectivity index (χ4n) is 1.48. The standard InChI is InChI=1S/C13H14N2O2S/c1-9(15-16)11-3-5-13(6-4-11)17-7-12-8-18-10(2)14-12/h3-6,8,16H,7H2,1-2H3. The van der Waals surface area contributed by atoms with Gasteiger partial charge in [0.2, 0.25) is 0 Å². The van der Waals surface area contributed by atoms with Gasteiger partial charge in [-0.2, -0.15) is 0 Å². The Kier molecular flexibility index (Phi) is 3.94. The molecular formula is C13H14N2O2S. The molecule has 4 nitrogen and oxygen atoms in total. The summed E-state index contributed by atoms with van der Waals surface area (Å²) in [5.74, 6) is 0.773. The number of benzene rings is 1. The molecule has 0 fully saturated rings. The summed E-state index contributed by atoms with van der Waals surface area (Å²) in [6.45, 7) is 4.19. The summed E-state index contributed by atoms with van der Waals surface area (Å²) in [5.41, 5.74) is 2.39. The van der Waals surface area contributed by atoms with Crippen LogP contribution in [0.5, 0.6) is 5.75 Å². The third-order valence-corrected chi connectivity index (χ3v) is 3.30. The second kappa shape index (κ2) is 5.64. The first-order chi connectivity index (χ1) is 8.69. The molecule has 2 rings (SSSR count). The minimum Gasteiger partial charge on any atom is -0.487 e. The monoisotopic (exact) mass is 262 g/mol. The van der Waals surface area contributed by atoms with E-state index in [1.54, 1.807) is 18.3 Å². The van der Waals surface area contributed by atoms with Crippen LogP contribution in [0.25, 0.3) is 0 Å². The smallest absolute Gasteiger partial charge is 0.131 e. The van der Waals surface area contributed by atoms with Gasteiger partial charge in [0, 0.05) is 5.38 Å². The van der Waals surface area contributed by atoms with Gasteiger partial charge in [-0.1, -0.05) is 5.16 Å². The van der Waals surface area contributed by atoms with Gasteiger partial charge in [-0.25, -0.2) is 4.98 Å².